The Morgan fingerprint density at radius 2 is 1.92 bits per heavy atom. The molecule has 1 aromatic carbocycles. The minimum absolute atomic E-state index is 0.156. The number of anilines is 1. The van der Waals surface area contributed by atoms with E-state index in [1.54, 1.807) is 18.2 Å². The number of hydrogen-bond donors (Lipinski definition) is 2. The number of carbonyl (C=O) groups excluding carboxylic acids is 2. The molecule has 136 valence electrons. The molecule has 2 amide bonds. The van der Waals surface area contributed by atoms with Gasteiger partial charge in [-0.15, -0.1) is 0 Å². The zero-order valence-electron chi connectivity index (χ0n) is 14.4. The van der Waals surface area contributed by atoms with Crippen molar-refractivity contribution in [2.45, 2.75) is 44.7 Å². The first kappa shape index (κ1) is 17.9. The van der Waals surface area contributed by atoms with Gasteiger partial charge in [0.15, 0.2) is 0 Å². The summed E-state index contributed by atoms with van der Waals surface area (Å²) in [4.78, 5) is 24.7. The Morgan fingerprint density at radius 1 is 1.20 bits per heavy atom. The lowest BCUT2D eigenvalue weighted by molar-refractivity contribution is -0.119. The molecule has 1 unspecified atom stereocenters. The lowest BCUT2D eigenvalue weighted by Crippen LogP contribution is -2.42. The van der Waals surface area contributed by atoms with Gasteiger partial charge in [-0.2, -0.15) is 4.31 Å². The highest BCUT2D eigenvalue weighted by atomic mass is 32.2. The minimum atomic E-state index is -3.42. The summed E-state index contributed by atoms with van der Waals surface area (Å²) in [5, 5.41) is 5.71. The molecule has 1 saturated heterocycles. The Bertz CT molecular complexity index is 802. The van der Waals surface area contributed by atoms with Crippen LogP contribution >= 0.6 is 0 Å². The van der Waals surface area contributed by atoms with E-state index < -0.39 is 16.1 Å². The molecule has 0 bridgehead atoms. The summed E-state index contributed by atoms with van der Waals surface area (Å²) in [7, 11) is -3.42. The summed E-state index contributed by atoms with van der Waals surface area (Å²) in [6, 6.07) is 4.71. The predicted molar refractivity (Wildman–Crippen MR) is 94.9 cm³/mol. The lowest BCUT2D eigenvalue weighted by atomic mass is 10.1. The molecule has 7 nitrogen and oxygen atoms in total. The topological polar surface area (TPSA) is 95.6 Å². The van der Waals surface area contributed by atoms with Crippen LogP contribution in [0.4, 0.5) is 5.69 Å². The predicted octanol–water partition coefficient (Wildman–Crippen LogP) is 1.25. The van der Waals surface area contributed by atoms with Crippen LogP contribution in [-0.4, -0.2) is 49.4 Å². The minimum Gasteiger partial charge on any atom is -0.349 e. The highest BCUT2D eigenvalue weighted by Crippen LogP contribution is 2.24. The Balaban J connectivity index is 1.75. The van der Waals surface area contributed by atoms with Crippen LogP contribution in [0.3, 0.4) is 0 Å². The van der Waals surface area contributed by atoms with Crippen molar-refractivity contribution in [2.75, 3.05) is 18.1 Å². The largest absolute Gasteiger partial charge is 0.349 e. The summed E-state index contributed by atoms with van der Waals surface area (Å²) in [5.41, 5.74) is 1.84. The molecule has 1 heterocycles. The number of rotatable bonds is 5. The Labute approximate surface area is 147 Å². The monoisotopic (exact) mass is 365 g/mol. The van der Waals surface area contributed by atoms with Gasteiger partial charge in [-0.25, -0.2) is 8.42 Å². The third-order valence-electron chi connectivity index (χ3n) is 4.60. The van der Waals surface area contributed by atoms with E-state index in [9.17, 15) is 18.0 Å². The molecular formula is C17H23N3O4S. The molecule has 2 fully saturated rings. The summed E-state index contributed by atoms with van der Waals surface area (Å²) < 4.78 is 24.9. The number of sulfonamides is 1. The van der Waals surface area contributed by atoms with Crippen LogP contribution in [0.1, 0.15) is 41.6 Å². The van der Waals surface area contributed by atoms with Crippen molar-refractivity contribution >= 4 is 27.5 Å². The summed E-state index contributed by atoms with van der Waals surface area (Å²) in [6.07, 6.45) is 4.29. The van der Waals surface area contributed by atoms with Crippen molar-refractivity contribution in [3.05, 3.63) is 29.3 Å². The molecule has 2 aliphatic rings. The maximum atomic E-state index is 12.6. The number of carbonyl (C=O) groups is 2. The zero-order valence-corrected chi connectivity index (χ0v) is 15.2. The second-order valence-corrected chi connectivity index (χ2v) is 8.73. The van der Waals surface area contributed by atoms with E-state index >= 15 is 0 Å². The van der Waals surface area contributed by atoms with Crippen LogP contribution in [0.25, 0.3) is 0 Å². The molecule has 0 spiro atoms. The first-order valence-corrected chi connectivity index (χ1v) is 10.3. The van der Waals surface area contributed by atoms with Gasteiger partial charge in [-0.1, -0.05) is 6.07 Å². The standard InChI is InChI=1S/C17H23N3O4S/c1-11-5-6-12(16(21)18-13-7-8-13)10-14(11)19-17(22)15-4-3-9-20(15)25(2,23)24/h5-6,10,13,15H,3-4,7-9H2,1-2H3,(H,18,21)(H,19,22). The SMILES string of the molecule is Cc1ccc(C(=O)NC2CC2)cc1NC(=O)C1CCCN1S(C)(=O)=O. The van der Waals surface area contributed by atoms with Crippen molar-refractivity contribution < 1.29 is 18.0 Å². The van der Waals surface area contributed by atoms with Gasteiger partial charge in [-0.3, -0.25) is 9.59 Å². The van der Waals surface area contributed by atoms with Crippen LogP contribution in [0.2, 0.25) is 0 Å². The molecule has 1 atom stereocenters. The Morgan fingerprint density at radius 3 is 2.56 bits per heavy atom. The van der Waals surface area contributed by atoms with E-state index in [-0.39, 0.29) is 17.9 Å². The van der Waals surface area contributed by atoms with Crippen LogP contribution in [0.15, 0.2) is 18.2 Å². The lowest BCUT2D eigenvalue weighted by Gasteiger charge is -2.22. The normalized spacial score (nSPS) is 21.1. The zero-order chi connectivity index (χ0) is 18.2. The maximum absolute atomic E-state index is 12.6. The van der Waals surface area contributed by atoms with Crippen molar-refractivity contribution in [3.8, 4) is 0 Å². The van der Waals surface area contributed by atoms with Crippen LogP contribution in [0.5, 0.6) is 0 Å². The molecule has 1 aliphatic carbocycles. The first-order valence-electron chi connectivity index (χ1n) is 8.45. The van der Waals surface area contributed by atoms with Crippen molar-refractivity contribution in [2.24, 2.45) is 0 Å². The molecule has 1 aromatic rings. The second-order valence-electron chi connectivity index (χ2n) is 6.80. The van der Waals surface area contributed by atoms with E-state index in [1.165, 1.54) is 4.31 Å². The van der Waals surface area contributed by atoms with E-state index in [4.69, 9.17) is 0 Å². The van der Waals surface area contributed by atoms with Gasteiger partial charge in [0, 0.05) is 23.8 Å². The molecule has 1 aliphatic heterocycles. The summed E-state index contributed by atoms with van der Waals surface area (Å²) in [6.45, 7) is 2.20. The first-order chi connectivity index (χ1) is 11.8. The van der Waals surface area contributed by atoms with Crippen LogP contribution < -0.4 is 10.6 Å². The summed E-state index contributed by atoms with van der Waals surface area (Å²) in [5.74, 6) is -0.512. The van der Waals surface area contributed by atoms with E-state index in [2.05, 4.69) is 10.6 Å². The number of hydrogen-bond acceptors (Lipinski definition) is 4. The van der Waals surface area contributed by atoms with Gasteiger partial charge < -0.3 is 10.6 Å². The maximum Gasteiger partial charge on any atom is 0.251 e. The van der Waals surface area contributed by atoms with Crippen LogP contribution in [-0.2, 0) is 14.8 Å². The molecule has 8 heteroatoms. The van der Waals surface area contributed by atoms with E-state index in [0.717, 1.165) is 24.7 Å². The fourth-order valence-electron chi connectivity index (χ4n) is 3.01. The van der Waals surface area contributed by atoms with Gasteiger partial charge in [0.25, 0.3) is 5.91 Å². The summed E-state index contributed by atoms with van der Waals surface area (Å²) >= 11 is 0. The van der Waals surface area contributed by atoms with Gasteiger partial charge in [0.1, 0.15) is 6.04 Å². The Hall–Kier alpha value is -1.93. The molecule has 2 N–H and O–H groups in total. The average molecular weight is 365 g/mol. The number of benzene rings is 1. The molecule has 1 saturated carbocycles. The average Bonchev–Trinajstić information content (AvgIpc) is 3.19. The van der Waals surface area contributed by atoms with Gasteiger partial charge in [0.05, 0.1) is 6.26 Å². The smallest absolute Gasteiger partial charge is 0.251 e. The number of amides is 2. The highest BCUT2D eigenvalue weighted by molar-refractivity contribution is 7.88. The van der Waals surface area contributed by atoms with E-state index in [1.807, 2.05) is 6.92 Å². The number of nitrogens with zero attached hydrogens (tertiary/aromatic N) is 1. The van der Waals surface area contributed by atoms with E-state index in [0.29, 0.717) is 30.6 Å². The van der Waals surface area contributed by atoms with Crippen molar-refractivity contribution in [3.63, 3.8) is 0 Å². The molecule has 3 rings (SSSR count). The third-order valence-corrected chi connectivity index (χ3v) is 5.89. The molecule has 25 heavy (non-hydrogen) atoms. The quantitative estimate of drug-likeness (QED) is 0.821. The fraction of sp³-hybridized carbons (Fsp3) is 0.529. The molecule has 0 radical (unpaired) electrons. The third kappa shape index (κ3) is 4.19. The van der Waals surface area contributed by atoms with Gasteiger partial charge in [0.2, 0.25) is 15.9 Å². The molecular weight excluding hydrogens is 342 g/mol. The number of aryl methyl sites for hydroxylation is 1. The highest BCUT2D eigenvalue weighted by Gasteiger charge is 2.36. The van der Waals surface area contributed by atoms with Gasteiger partial charge >= 0.3 is 0 Å². The molecule has 0 aromatic heterocycles. The van der Waals surface area contributed by atoms with Gasteiger partial charge in [-0.05, 0) is 50.3 Å². The van der Waals surface area contributed by atoms with Crippen molar-refractivity contribution in [1.82, 2.24) is 9.62 Å². The second kappa shape index (κ2) is 6.76. The van der Waals surface area contributed by atoms with Crippen molar-refractivity contribution in [1.29, 1.82) is 0 Å². The Kier molecular flexibility index (Phi) is 4.83. The number of nitrogens with one attached hydrogen (secondary N) is 2. The fourth-order valence-corrected chi connectivity index (χ4v) is 4.13. The van der Waals surface area contributed by atoms with Crippen LogP contribution in [0, 0.1) is 6.92 Å².